The standard InChI is InChI=1S/C27H33N5O2S/c1-16(2)24-22(18-9-8-10-19(14-18)34-7)29-26(35-24)32-21-12-11-17(3)13-20(21)23(30-32)25(33)31(6)15-27(4,5)28/h8-14,16H,15,28H2,1-7H3. The number of aromatic nitrogens is 3. The van der Waals surface area contributed by atoms with E-state index in [0.717, 1.165) is 43.5 Å². The topological polar surface area (TPSA) is 86.3 Å². The number of nitrogens with zero attached hydrogens (tertiary/aromatic N) is 4. The van der Waals surface area contributed by atoms with Gasteiger partial charge < -0.3 is 15.4 Å². The van der Waals surface area contributed by atoms with Crippen LogP contribution in [0.25, 0.3) is 27.3 Å². The lowest BCUT2D eigenvalue weighted by Crippen LogP contribution is -2.46. The Morgan fingerprint density at radius 1 is 1.23 bits per heavy atom. The second kappa shape index (κ2) is 9.43. The summed E-state index contributed by atoms with van der Waals surface area (Å²) >= 11 is 1.60. The molecule has 0 aliphatic heterocycles. The number of carbonyl (C=O) groups excluding carboxylic acids is 1. The average Bonchev–Trinajstić information content (AvgIpc) is 3.39. The highest BCUT2D eigenvalue weighted by atomic mass is 32.1. The summed E-state index contributed by atoms with van der Waals surface area (Å²) in [5.74, 6) is 0.891. The molecule has 0 saturated carbocycles. The van der Waals surface area contributed by atoms with E-state index < -0.39 is 5.54 Å². The number of rotatable bonds is 7. The summed E-state index contributed by atoms with van der Waals surface area (Å²) in [7, 11) is 3.42. The Morgan fingerprint density at radius 2 is 1.97 bits per heavy atom. The number of fused-ring (bicyclic) bond motifs is 1. The van der Waals surface area contributed by atoms with E-state index in [1.807, 2.05) is 63.2 Å². The summed E-state index contributed by atoms with van der Waals surface area (Å²) in [6, 6.07) is 14.0. The van der Waals surface area contributed by atoms with E-state index in [4.69, 9.17) is 20.6 Å². The Labute approximate surface area is 210 Å². The Morgan fingerprint density at radius 3 is 2.63 bits per heavy atom. The van der Waals surface area contributed by atoms with Crippen LogP contribution in [0.2, 0.25) is 0 Å². The van der Waals surface area contributed by atoms with Gasteiger partial charge >= 0.3 is 0 Å². The molecule has 4 rings (SSSR count). The first kappa shape index (κ1) is 24.9. The van der Waals surface area contributed by atoms with Crippen LogP contribution in [-0.4, -0.2) is 51.8 Å². The highest BCUT2D eigenvalue weighted by Gasteiger charge is 2.26. The maximum Gasteiger partial charge on any atom is 0.274 e. The molecule has 0 saturated heterocycles. The maximum atomic E-state index is 13.4. The predicted molar refractivity (Wildman–Crippen MR) is 143 cm³/mol. The first-order valence-electron chi connectivity index (χ1n) is 11.7. The van der Waals surface area contributed by atoms with E-state index in [2.05, 4.69) is 13.8 Å². The lowest BCUT2D eigenvalue weighted by atomic mass is 10.1. The van der Waals surface area contributed by atoms with E-state index in [1.54, 1.807) is 35.1 Å². The fourth-order valence-corrected chi connectivity index (χ4v) is 5.23. The lowest BCUT2D eigenvalue weighted by molar-refractivity contribution is 0.0765. The molecule has 1 amide bonds. The van der Waals surface area contributed by atoms with E-state index in [1.165, 1.54) is 0 Å². The van der Waals surface area contributed by atoms with Crippen molar-refractivity contribution in [2.75, 3.05) is 20.7 Å². The van der Waals surface area contributed by atoms with Gasteiger partial charge in [-0.3, -0.25) is 4.79 Å². The molecule has 8 heteroatoms. The summed E-state index contributed by atoms with van der Waals surface area (Å²) in [6.45, 7) is 10.6. The Bertz CT molecular complexity index is 1380. The number of thiazole rings is 1. The van der Waals surface area contributed by atoms with Gasteiger partial charge in [-0.25, -0.2) is 9.67 Å². The van der Waals surface area contributed by atoms with Gasteiger partial charge in [0.15, 0.2) is 5.69 Å². The van der Waals surface area contributed by atoms with Gasteiger partial charge in [-0.2, -0.15) is 5.10 Å². The van der Waals surface area contributed by atoms with Crippen LogP contribution < -0.4 is 10.5 Å². The number of amides is 1. The summed E-state index contributed by atoms with van der Waals surface area (Å²) in [5.41, 5.74) is 9.87. The predicted octanol–water partition coefficient (Wildman–Crippen LogP) is 5.40. The van der Waals surface area contributed by atoms with E-state index in [-0.39, 0.29) is 11.8 Å². The number of hydrogen-bond acceptors (Lipinski definition) is 6. The second-order valence-corrected chi connectivity index (χ2v) is 11.0. The number of methoxy groups -OCH3 is 1. The van der Waals surface area contributed by atoms with Crippen molar-refractivity contribution in [1.29, 1.82) is 0 Å². The van der Waals surface area contributed by atoms with Crippen molar-refractivity contribution < 1.29 is 9.53 Å². The van der Waals surface area contributed by atoms with Gasteiger partial charge in [-0.15, -0.1) is 0 Å². The molecule has 0 bridgehead atoms. The number of carbonyl (C=O) groups is 1. The zero-order valence-electron chi connectivity index (χ0n) is 21.4. The zero-order chi connectivity index (χ0) is 25.5. The third kappa shape index (κ3) is 5.09. The first-order valence-corrected chi connectivity index (χ1v) is 12.5. The smallest absolute Gasteiger partial charge is 0.274 e. The third-order valence-corrected chi connectivity index (χ3v) is 7.05. The molecular formula is C27H33N5O2S. The summed E-state index contributed by atoms with van der Waals surface area (Å²) in [4.78, 5) is 21.2. The minimum Gasteiger partial charge on any atom is -0.497 e. The number of ether oxygens (including phenoxy) is 1. The average molecular weight is 492 g/mol. The second-order valence-electron chi connectivity index (χ2n) is 10.0. The number of hydrogen-bond donors (Lipinski definition) is 1. The van der Waals surface area contributed by atoms with Gasteiger partial charge in [-0.05, 0) is 51.0 Å². The van der Waals surface area contributed by atoms with Crippen LogP contribution in [0.5, 0.6) is 5.75 Å². The fraction of sp³-hybridized carbons (Fsp3) is 0.370. The van der Waals surface area contributed by atoms with Crippen molar-refractivity contribution in [3.63, 3.8) is 0 Å². The van der Waals surface area contributed by atoms with Gasteiger partial charge in [0.05, 0.1) is 18.3 Å². The molecule has 2 N–H and O–H groups in total. The highest BCUT2D eigenvalue weighted by molar-refractivity contribution is 7.14. The van der Waals surface area contributed by atoms with Crippen molar-refractivity contribution in [3.05, 3.63) is 58.6 Å². The third-order valence-electron chi connectivity index (χ3n) is 5.72. The molecule has 0 atom stereocenters. The molecule has 0 aliphatic carbocycles. The highest BCUT2D eigenvalue weighted by Crippen LogP contribution is 2.37. The molecule has 0 unspecified atom stereocenters. The van der Waals surface area contributed by atoms with Crippen molar-refractivity contribution in [2.24, 2.45) is 5.73 Å². The molecule has 2 heterocycles. The van der Waals surface area contributed by atoms with E-state index in [9.17, 15) is 4.79 Å². The molecule has 0 spiro atoms. The van der Waals surface area contributed by atoms with Crippen LogP contribution in [0.4, 0.5) is 0 Å². The summed E-state index contributed by atoms with van der Waals surface area (Å²) < 4.78 is 7.23. The molecule has 4 aromatic rings. The van der Waals surface area contributed by atoms with E-state index >= 15 is 0 Å². The minimum atomic E-state index is -0.508. The molecule has 2 aromatic heterocycles. The minimum absolute atomic E-state index is 0.161. The molecule has 35 heavy (non-hydrogen) atoms. The van der Waals surface area contributed by atoms with Gasteiger partial charge in [-0.1, -0.05) is 48.9 Å². The van der Waals surface area contributed by atoms with Crippen LogP contribution in [0.15, 0.2) is 42.5 Å². The molecular weight excluding hydrogens is 458 g/mol. The number of nitrogens with two attached hydrogens (primary N) is 1. The molecule has 0 fully saturated rings. The van der Waals surface area contributed by atoms with Gasteiger partial charge in [0.1, 0.15) is 5.75 Å². The molecule has 0 aliphatic rings. The Kier molecular flexibility index (Phi) is 6.71. The molecule has 2 aromatic carbocycles. The largest absolute Gasteiger partial charge is 0.497 e. The van der Waals surface area contributed by atoms with E-state index in [0.29, 0.717) is 12.2 Å². The Hall–Kier alpha value is -3.23. The Balaban J connectivity index is 1.87. The quantitative estimate of drug-likeness (QED) is 0.374. The summed E-state index contributed by atoms with van der Waals surface area (Å²) in [6.07, 6.45) is 0. The van der Waals surface area contributed by atoms with Crippen LogP contribution in [-0.2, 0) is 0 Å². The monoisotopic (exact) mass is 491 g/mol. The number of benzene rings is 2. The van der Waals surface area contributed by atoms with Crippen molar-refractivity contribution in [3.8, 4) is 22.1 Å². The molecule has 184 valence electrons. The first-order chi connectivity index (χ1) is 16.5. The van der Waals surface area contributed by atoms with Gasteiger partial charge in [0.25, 0.3) is 5.91 Å². The normalized spacial score (nSPS) is 11.9. The van der Waals surface area contributed by atoms with Crippen LogP contribution in [0.3, 0.4) is 0 Å². The van der Waals surface area contributed by atoms with Crippen LogP contribution >= 0.6 is 11.3 Å². The molecule has 0 radical (unpaired) electrons. The maximum absolute atomic E-state index is 13.4. The number of likely N-dealkylation sites (N-methyl/N-ethyl adjacent to an activating group) is 1. The van der Waals surface area contributed by atoms with Gasteiger partial charge in [0.2, 0.25) is 5.13 Å². The zero-order valence-corrected chi connectivity index (χ0v) is 22.2. The van der Waals surface area contributed by atoms with Crippen LogP contribution in [0, 0.1) is 6.92 Å². The fourth-order valence-electron chi connectivity index (χ4n) is 4.18. The van der Waals surface area contributed by atoms with Crippen LogP contribution in [0.1, 0.15) is 54.5 Å². The summed E-state index contributed by atoms with van der Waals surface area (Å²) in [5, 5.41) is 6.33. The number of aryl methyl sites for hydroxylation is 1. The van der Waals surface area contributed by atoms with Crippen molar-refractivity contribution in [1.82, 2.24) is 19.7 Å². The van der Waals surface area contributed by atoms with Gasteiger partial charge in [0, 0.05) is 35.0 Å². The van der Waals surface area contributed by atoms with Crippen molar-refractivity contribution >= 4 is 28.1 Å². The van der Waals surface area contributed by atoms with Crippen molar-refractivity contribution in [2.45, 2.75) is 46.1 Å². The SMILES string of the molecule is COc1cccc(-c2nc(-n3nc(C(=O)N(C)CC(C)(C)N)c4cc(C)ccc43)sc2C(C)C)c1. The molecule has 7 nitrogen and oxygen atoms in total. The lowest BCUT2D eigenvalue weighted by Gasteiger charge is -2.26.